The summed E-state index contributed by atoms with van der Waals surface area (Å²) in [5.41, 5.74) is 0.891. The van der Waals surface area contributed by atoms with E-state index in [0.717, 1.165) is 12.8 Å². The Labute approximate surface area is 303 Å². The number of amides is 5. The molecule has 2 saturated heterocycles. The normalized spacial score (nSPS) is 16.7. The maximum absolute atomic E-state index is 12.4. The number of ether oxygens (including phenoxy) is 4. The standard InChI is InChI=1S/C37H50N4O11/c42-26-29-24-30(43)25-41(29)34(45)4-2-1-3-15-38-33(44)13-16-39-36(47)27-5-9-31(10-6-27)51-22-20-49-18-19-50-21-23-52-32-11-7-28(8-12-32)37(48)40-17-14-35(40)46/h5-12,29-30,42-43H,1-4,13-26H2,(H,38,44)(H,39,47)/t29-,30+/m0/s1. The maximum atomic E-state index is 12.4. The number of aliphatic hydroxyl groups excluding tert-OH is 2. The number of β-amino-alcohol motifs (C(OH)–C–C–N with tert-alkyl or cyclic N) is 1. The molecule has 2 aromatic carbocycles. The fourth-order valence-corrected chi connectivity index (χ4v) is 5.64. The largest absolute Gasteiger partial charge is 0.491 e. The van der Waals surface area contributed by atoms with E-state index in [1.807, 2.05) is 0 Å². The van der Waals surface area contributed by atoms with Crippen LogP contribution >= 0.6 is 0 Å². The third-order valence-corrected chi connectivity index (χ3v) is 8.63. The Bertz CT molecular complexity index is 1450. The molecule has 15 nitrogen and oxygen atoms in total. The minimum Gasteiger partial charge on any atom is -0.491 e. The zero-order valence-corrected chi connectivity index (χ0v) is 29.5. The molecule has 52 heavy (non-hydrogen) atoms. The number of nitrogens with zero attached hydrogens (tertiary/aromatic N) is 2. The van der Waals surface area contributed by atoms with Crippen LogP contribution < -0.4 is 20.1 Å². The molecular formula is C37H50N4O11. The first-order chi connectivity index (χ1) is 25.2. The Hall–Kier alpha value is -4.57. The number of carbonyl (C=O) groups excluding carboxylic acids is 5. The first kappa shape index (κ1) is 40.2. The summed E-state index contributed by atoms with van der Waals surface area (Å²) >= 11 is 0. The molecule has 2 aliphatic rings. The lowest BCUT2D eigenvalue weighted by Crippen LogP contribution is -2.47. The van der Waals surface area contributed by atoms with Crippen molar-refractivity contribution in [2.75, 3.05) is 72.4 Å². The van der Waals surface area contributed by atoms with E-state index in [2.05, 4.69) is 10.6 Å². The van der Waals surface area contributed by atoms with Crippen LogP contribution in [-0.2, 0) is 23.9 Å². The molecule has 15 heteroatoms. The topological polar surface area (TPSA) is 193 Å². The molecule has 2 fully saturated rings. The van der Waals surface area contributed by atoms with E-state index in [9.17, 15) is 34.2 Å². The van der Waals surface area contributed by atoms with Crippen LogP contribution in [0.2, 0.25) is 0 Å². The van der Waals surface area contributed by atoms with Gasteiger partial charge < -0.3 is 44.7 Å². The van der Waals surface area contributed by atoms with Crippen LogP contribution in [0, 0.1) is 0 Å². The third-order valence-electron chi connectivity index (χ3n) is 8.63. The van der Waals surface area contributed by atoms with Crippen LogP contribution in [0.5, 0.6) is 11.5 Å². The van der Waals surface area contributed by atoms with Crippen molar-refractivity contribution < 1.29 is 53.1 Å². The van der Waals surface area contributed by atoms with Crippen LogP contribution in [0.4, 0.5) is 0 Å². The van der Waals surface area contributed by atoms with Crippen molar-refractivity contribution in [3.63, 3.8) is 0 Å². The molecule has 0 aliphatic carbocycles. The zero-order chi connectivity index (χ0) is 37.1. The van der Waals surface area contributed by atoms with Gasteiger partial charge in [-0.15, -0.1) is 0 Å². The van der Waals surface area contributed by atoms with Crippen LogP contribution in [-0.4, -0.2) is 134 Å². The van der Waals surface area contributed by atoms with Gasteiger partial charge in [0.2, 0.25) is 17.7 Å². The van der Waals surface area contributed by atoms with Gasteiger partial charge in [-0.05, 0) is 67.8 Å². The lowest BCUT2D eigenvalue weighted by atomic mass is 10.1. The highest BCUT2D eigenvalue weighted by Crippen LogP contribution is 2.20. The van der Waals surface area contributed by atoms with E-state index < -0.39 is 6.10 Å². The van der Waals surface area contributed by atoms with Crippen molar-refractivity contribution >= 4 is 29.5 Å². The fourth-order valence-electron chi connectivity index (χ4n) is 5.64. The highest BCUT2D eigenvalue weighted by atomic mass is 16.6. The van der Waals surface area contributed by atoms with Crippen molar-refractivity contribution in [2.45, 2.75) is 57.1 Å². The first-order valence-electron chi connectivity index (χ1n) is 17.8. The molecular weight excluding hydrogens is 676 g/mol. The van der Waals surface area contributed by atoms with Gasteiger partial charge in [0.25, 0.3) is 11.8 Å². The quantitative estimate of drug-likeness (QED) is 0.0733. The molecule has 5 amide bonds. The lowest BCUT2D eigenvalue weighted by molar-refractivity contribution is -0.136. The Morgan fingerprint density at radius 1 is 0.750 bits per heavy atom. The second-order valence-corrected chi connectivity index (χ2v) is 12.5. The molecule has 0 spiro atoms. The lowest BCUT2D eigenvalue weighted by Gasteiger charge is -2.28. The van der Waals surface area contributed by atoms with Crippen LogP contribution in [0.1, 0.15) is 65.7 Å². The van der Waals surface area contributed by atoms with Gasteiger partial charge in [-0.1, -0.05) is 6.42 Å². The number of hydrogen-bond donors (Lipinski definition) is 4. The van der Waals surface area contributed by atoms with Crippen LogP contribution in [0.15, 0.2) is 48.5 Å². The number of likely N-dealkylation sites (tertiary alicyclic amines) is 2. The van der Waals surface area contributed by atoms with Gasteiger partial charge in [0, 0.05) is 56.6 Å². The smallest absolute Gasteiger partial charge is 0.260 e. The number of nitrogens with one attached hydrogen (secondary N) is 2. The Kier molecular flexibility index (Phi) is 16.8. The Morgan fingerprint density at radius 2 is 1.37 bits per heavy atom. The van der Waals surface area contributed by atoms with Crippen molar-refractivity contribution in [2.24, 2.45) is 0 Å². The third kappa shape index (κ3) is 13.2. The summed E-state index contributed by atoms with van der Waals surface area (Å²) in [5, 5.41) is 24.7. The summed E-state index contributed by atoms with van der Waals surface area (Å²) in [6, 6.07) is 13.0. The number of carbonyl (C=O) groups is 5. The fraction of sp³-hybridized carbons (Fsp3) is 0.541. The molecule has 0 radical (unpaired) electrons. The molecule has 2 aliphatic heterocycles. The van der Waals surface area contributed by atoms with Gasteiger partial charge in [0.05, 0.1) is 45.2 Å². The summed E-state index contributed by atoms with van der Waals surface area (Å²) < 4.78 is 22.3. The second kappa shape index (κ2) is 21.7. The minimum atomic E-state index is -0.582. The van der Waals surface area contributed by atoms with Crippen molar-refractivity contribution in [3.05, 3.63) is 59.7 Å². The minimum absolute atomic E-state index is 0.0678. The summed E-state index contributed by atoms with van der Waals surface area (Å²) in [6.45, 7) is 3.39. The van der Waals surface area contributed by atoms with Crippen LogP contribution in [0.3, 0.4) is 0 Å². The predicted octanol–water partition coefficient (Wildman–Crippen LogP) is 1.30. The average Bonchev–Trinajstić information content (AvgIpc) is 3.54. The van der Waals surface area contributed by atoms with E-state index >= 15 is 0 Å². The zero-order valence-electron chi connectivity index (χ0n) is 29.5. The van der Waals surface area contributed by atoms with Crippen molar-refractivity contribution in [1.29, 1.82) is 0 Å². The van der Waals surface area contributed by atoms with Crippen LogP contribution in [0.25, 0.3) is 0 Å². The van der Waals surface area contributed by atoms with E-state index in [4.69, 9.17) is 18.9 Å². The molecule has 2 aromatic rings. The summed E-state index contributed by atoms with van der Waals surface area (Å²) in [4.78, 5) is 63.3. The van der Waals surface area contributed by atoms with E-state index in [0.29, 0.717) is 101 Å². The molecule has 0 bridgehead atoms. The number of aliphatic hydroxyl groups is 2. The molecule has 2 heterocycles. The molecule has 4 N–H and O–H groups in total. The molecule has 0 aromatic heterocycles. The predicted molar refractivity (Wildman–Crippen MR) is 188 cm³/mol. The molecule has 0 unspecified atom stereocenters. The monoisotopic (exact) mass is 726 g/mol. The van der Waals surface area contributed by atoms with Gasteiger partial charge in [0.1, 0.15) is 24.7 Å². The van der Waals surface area contributed by atoms with E-state index in [1.54, 1.807) is 53.4 Å². The average molecular weight is 727 g/mol. The number of rotatable bonds is 23. The Balaban J connectivity index is 0.940. The molecule has 284 valence electrons. The highest BCUT2D eigenvalue weighted by molar-refractivity contribution is 6.07. The number of benzene rings is 2. The van der Waals surface area contributed by atoms with Gasteiger partial charge in [0.15, 0.2) is 0 Å². The maximum Gasteiger partial charge on any atom is 0.260 e. The number of β-lactam (4-membered cyclic amide) rings is 1. The van der Waals surface area contributed by atoms with Gasteiger partial charge in [-0.3, -0.25) is 28.9 Å². The number of hydrogen-bond acceptors (Lipinski definition) is 11. The van der Waals surface area contributed by atoms with Crippen molar-refractivity contribution in [1.82, 2.24) is 20.4 Å². The Morgan fingerprint density at radius 3 is 1.94 bits per heavy atom. The van der Waals surface area contributed by atoms with E-state index in [-0.39, 0.29) is 61.7 Å². The van der Waals surface area contributed by atoms with Gasteiger partial charge >= 0.3 is 0 Å². The molecule has 0 saturated carbocycles. The summed E-state index contributed by atoms with van der Waals surface area (Å²) in [7, 11) is 0. The second-order valence-electron chi connectivity index (χ2n) is 12.5. The van der Waals surface area contributed by atoms with E-state index in [1.165, 1.54) is 4.90 Å². The van der Waals surface area contributed by atoms with Gasteiger partial charge in [-0.2, -0.15) is 0 Å². The van der Waals surface area contributed by atoms with Gasteiger partial charge in [-0.25, -0.2) is 0 Å². The summed E-state index contributed by atoms with van der Waals surface area (Å²) in [6.07, 6.45) is 2.87. The molecule has 2 atom stereocenters. The van der Waals surface area contributed by atoms with Crippen molar-refractivity contribution in [3.8, 4) is 11.5 Å². The summed E-state index contributed by atoms with van der Waals surface area (Å²) in [5.74, 6) is 0.215. The number of unbranched alkanes of at least 4 members (excludes halogenated alkanes) is 2. The molecule has 4 rings (SSSR count). The highest BCUT2D eigenvalue weighted by Gasteiger charge is 2.33. The number of imide groups is 1. The SMILES string of the molecule is O=C(CCNC(=O)c1ccc(OCCOCCOCCOc2ccc(C(=O)N3CCC3=O)cc2)cc1)NCCCCCC(=O)N1C[C@H](O)C[C@H]1CO. The first-order valence-corrected chi connectivity index (χ1v) is 17.8.